The molecule has 0 fully saturated rings. The van der Waals surface area contributed by atoms with E-state index in [1.54, 1.807) is 22.9 Å². The summed E-state index contributed by atoms with van der Waals surface area (Å²) in [4.78, 5) is 10.9. The highest BCUT2D eigenvalue weighted by Gasteiger charge is 2.06. The van der Waals surface area contributed by atoms with E-state index in [1.165, 1.54) is 0 Å². The molecule has 0 radical (unpaired) electrons. The normalized spacial score (nSPS) is 10.8. The lowest BCUT2D eigenvalue weighted by atomic mass is 10.2. The van der Waals surface area contributed by atoms with Crippen molar-refractivity contribution in [2.75, 3.05) is 0 Å². The Morgan fingerprint density at radius 2 is 1.95 bits per heavy atom. The molecule has 0 bridgehead atoms. The fraction of sp³-hybridized carbons (Fsp3) is 0.0667. The second-order valence-electron chi connectivity index (χ2n) is 4.53. The Morgan fingerprint density at radius 1 is 1.20 bits per heavy atom. The van der Waals surface area contributed by atoms with Gasteiger partial charge in [0, 0.05) is 16.6 Å². The number of fused-ring (bicyclic) bond motifs is 1. The third-order valence-corrected chi connectivity index (χ3v) is 3.31. The summed E-state index contributed by atoms with van der Waals surface area (Å²) in [5.74, 6) is -0.933. The van der Waals surface area contributed by atoms with Crippen molar-refractivity contribution in [3.8, 4) is 0 Å². The first-order valence-electron chi connectivity index (χ1n) is 6.07. The molecule has 0 saturated heterocycles. The van der Waals surface area contributed by atoms with Gasteiger partial charge in [-0.1, -0.05) is 23.7 Å². The maximum absolute atomic E-state index is 10.9. The molecule has 100 valence electrons. The predicted octanol–water partition coefficient (Wildman–Crippen LogP) is 3.44. The molecule has 0 spiro atoms. The number of rotatable bonds is 3. The number of nitrogens with zero attached hydrogens (tertiary/aromatic N) is 2. The van der Waals surface area contributed by atoms with Gasteiger partial charge in [-0.2, -0.15) is 5.10 Å². The molecule has 4 nitrogen and oxygen atoms in total. The highest BCUT2D eigenvalue weighted by molar-refractivity contribution is 6.30. The molecular formula is C15H11ClN2O2. The van der Waals surface area contributed by atoms with Gasteiger partial charge in [-0.25, -0.2) is 4.79 Å². The van der Waals surface area contributed by atoms with Crippen LogP contribution in [-0.4, -0.2) is 20.9 Å². The lowest BCUT2D eigenvalue weighted by molar-refractivity contribution is 0.0697. The number of halogens is 1. The van der Waals surface area contributed by atoms with E-state index < -0.39 is 5.97 Å². The van der Waals surface area contributed by atoms with Crippen LogP contribution in [0.4, 0.5) is 0 Å². The zero-order chi connectivity index (χ0) is 14.1. The Morgan fingerprint density at radius 3 is 2.65 bits per heavy atom. The summed E-state index contributed by atoms with van der Waals surface area (Å²) in [6.07, 6.45) is 1.84. The predicted molar refractivity (Wildman–Crippen MR) is 77.2 cm³/mol. The van der Waals surface area contributed by atoms with Gasteiger partial charge in [-0.3, -0.25) is 4.68 Å². The summed E-state index contributed by atoms with van der Waals surface area (Å²) >= 11 is 5.85. The molecule has 3 aromatic rings. The SMILES string of the molecule is O=C(O)c1ccc2nn(Cc3ccc(Cl)cc3)cc2c1. The Labute approximate surface area is 120 Å². The van der Waals surface area contributed by atoms with Crippen LogP contribution < -0.4 is 0 Å². The van der Waals surface area contributed by atoms with Crippen molar-refractivity contribution in [3.05, 3.63) is 64.8 Å². The topological polar surface area (TPSA) is 55.1 Å². The molecule has 0 amide bonds. The van der Waals surface area contributed by atoms with Crippen LogP contribution >= 0.6 is 11.6 Å². The minimum atomic E-state index is -0.933. The van der Waals surface area contributed by atoms with Gasteiger partial charge < -0.3 is 5.11 Å². The van der Waals surface area contributed by atoms with Crippen LogP contribution in [0, 0.1) is 0 Å². The molecule has 0 aliphatic carbocycles. The zero-order valence-corrected chi connectivity index (χ0v) is 11.2. The number of benzene rings is 2. The summed E-state index contributed by atoms with van der Waals surface area (Å²) in [5, 5.41) is 14.9. The van der Waals surface area contributed by atoms with Crippen LogP contribution in [0.1, 0.15) is 15.9 Å². The van der Waals surface area contributed by atoms with Crippen LogP contribution in [0.15, 0.2) is 48.7 Å². The minimum Gasteiger partial charge on any atom is -0.478 e. The highest BCUT2D eigenvalue weighted by Crippen LogP contribution is 2.16. The van der Waals surface area contributed by atoms with Gasteiger partial charge in [0.2, 0.25) is 0 Å². The highest BCUT2D eigenvalue weighted by atomic mass is 35.5. The number of aromatic carboxylic acids is 1. The van der Waals surface area contributed by atoms with E-state index in [0.717, 1.165) is 16.5 Å². The Balaban J connectivity index is 1.92. The molecule has 1 N–H and O–H groups in total. The van der Waals surface area contributed by atoms with Gasteiger partial charge in [0.25, 0.3) is 0 Å². The quantitative estimate of drug-likeness (QED) is 0.802. The largest absolute Gasteiger partial charge is 0.478 e. The summed E-state index contributed by atoms with van der Waals surface area (Å²) in [6.45, 7) is 0.619. The molecule has 1 aromatic heterocycles. The maximum Gasteiger partial charge on any atom is 0.335 e. The van der Waals surface area contributed by atoms with Crippen molar-refractivity contribution in [2.24, 2.45) is 0 Å². The molecule has 0 saturated carbocycles. The third kappa shape index (κ3) is 2.51. The Kier molecular flexibility index (Phi) is 3.16. The lowest BCUT2D eigenvalue weighted by Crippen LogP contribution is -1.99. The standard InChI is InChI=1S/C15H11ClN2O2/c16-13-4-1-10(2-5-13)8-18-9-12-7-11(15(19)20)3-6-14(12)17-18/h1-7,9H,8H2,(H,19,20). The second-order valence-corrected chi connectivity index (χ2v) is 4.97. The number of hydrogen-bond acceptors (Lipinski definition) is 2. The van der Waals surface area contributed by atoms with E-state index in [4.69, 9.17) is 16.7 Å². The van der Waals surface area contributed by atoms with E-state index in [1.807, 2.05) is 30.5 Å². The molecule has 3 rings (SSSR count). The van der Waals surface area contributed by atoms with Gasteiger partial charge in [0.1, 0.15) is 0 Å². The van der Waals surface area contributed by atoms with Crippen molar-refractivity contribution in [3.63, 3.8) is 0 Å². The first-order valence-corrected chi connectivity index (χ1v) is 6.44. The monoisotopic (exact) mass is 286 g/mol. The number of carbonyl (C=O) groups is 1. The average molecular weight is 287 g/mol. The molecular weight excluding hydrogens is 276 g/mol. The number of hydrogen-bond donors (Lipinski definition) is 1. The van der Waals surface area contributed by atoms with Crippen LogP contribution in [0.2, 0.25) is 5.02 Å². The van der Waals surface area contributed by atoms with Crippen molar-refractivity contribution in [1.29, 1.82) is 0 Å². The van der Waals surface area contributed by atoms with Crippen molar-refractivity contribution in [2.45, 2.75) is 6.54 Å². The molecule has 0 atom stereocenters. The molecule has 0 aliphatic rings. The van der Waals surface area contributed by atoms with Crippen molar-refractivity contribution >= 4 is 28.5 Å². The van der Waals surface area contributed by atoms with Gasteiger partial charge in [-0.05, 0) is 35.9 Å². The van der Waals surface area contributed by atoms with Crippen molar-refractivity contribution in [1.82, 2.24) is 9.78 Å². The van der Waals surface area contributed by atoms with E-state index in [0.29, 0.717) is 11.6 Å². The lowest BCUT2D eigenvalue weighted by Gasteiger charge is -2.01. The van der Waals surface area contributed by atoms with Crippen LogP contribution in [0.5, 0.6) is 0 Å². The number of carboxylic acid groups (broad SMARTS) is 1. The molecule has 2 aromatic carbocycles. The van der Waals surface area contributed by atoms with Crippen LogP contribution in [0.25, 0.3) is 10.9 Å². The first kappa shape index (κ1) is 12.7. The maximum atomic E-state index is 10.9. The number of aromatic nitrogens is 2. The third-order valence-electron chi connectivity index (χ3n) is 3.06. The molecule has 0 unspecified atom stereocenters. The summed E-state index contributed by atoms with van der Waals surface area (Å²) in [7, 11) is 0. The summed E-state index contributed by atoms with van der Waals surface area (Å²) < 4.78 is 1.79. The van der Waals surface area contributed by atoms with Gasteiger partial charge in [-0.15, -0.1) is 0 Å². The molecule has 0 aliphatic heterocycles. The van der Waals surface area contributed by atoms with Crippen molar-refractivity contribution < 1.29 is 9.90 Å². The Hall–Kier alpha value is -2.33. The number of carboxylic acids is 1. The molecule has 20 heavy (non-hydrogen) atoms. The molecule has 1 heterocycles. The molecule has 5 heteroatoms. The van der Waals surface area contributed by atoms with E-state index in [2.05, 4.69) is 5.10 Å². The van der Waals surface area contributed by atoms with E-state index in [-0.39, 0.29) is 5.56 Å². The first-order chi connectivity index (χ1) is 9.61. The fourth-order valence-corrected chi connectivity index (χ4v) is 2.19. The van der Waals surface area contributed by atoms with Gasteiger partial charge in [0.05, 0.1) is 17.6 Å². The zero-order valence-electron chi connectivity index (χ0n) is 10.5. The average Bonchev–Trinajstić information content (AvgIpc) is 2.82. The van der Waals surface area contributed by atoms with Crippen LogP contribution in [0.3, 0.4) is 0 Å². The fourth-order valence-electron chi connectivity index (χ4n) is 2.07. The summed E-state index contributed by atoms with van der Waals surface area (Å²) in [5.41, 5.74) is 2.13. The summed E-state index contributed by atoms with van der Waals surface area (Å²) in [6, 6.07) is 12.5. The van der Waals surface area contributed by atoms with E-state index >= 15 is 0 Å². The second kappa shape index (κ2) is 4.98. The smallest absolute Gasteiger partial charge is 0.335 e. The Bertz CT molecular complexity index is 778. The van der Waals surface area contributed by atoms with Gasteiger partial charge in [0.15, 0.2) is 0 Å². The van der Waals surface area contributed by atoms with Crippen LogP contribution in [-0.2, 0) is 6.54 Å². The minimum absolute atomic E-state index is 0.267. The van der Waals surface area contributed by atoms with Gasteiger partial charge >= 0.3 is 5.97 Å². The van der Waals surface area contributed by atoms with E-state index in [9.17, 15) is 4.79 Å².